The Hall–Kier alpha value is -4.36. The first-order valence-electron chi connectivity index (χ1n) is 29.2. The third-order valence-electron chi connectivity index (χ3n) is 12.6. The van der Waals surface area contributed by atoms with Crippen LogP contribution in [0.25, 0.3) is 0 Å². The number of hydrogen-bond acceptors (Lipinski definition) is 11. The summed E-state index contributed by atoms with van der Waals surface area (Å²) in [6.07, 6.45) is 54.1. The number of carbonyl (C=O) groups excluding carboxylic acids is 3. The van der Waals surface area contributed by atoms with Gasteiger partial charge in [-0.15, -0.1) is 0 Å². The first-order chi connectivity index (χ1) is 36.6. The molecule has 426 valence electrons. The van der Waals surface area contributed by atoms with Gasteiger partial charge in [-0.25, -0.2) is 4.79 Å². The summed E-state index contributed by atoms with van der Waals surface area (Å²) < 4.78 is 28.2. The van der Waals surface area contributed by atoms with Gasteiger partial charge in [0.05, 0.1) is 13.0 Å². The minimum Gasteiger partial charge on any atom is -0.479 e. The summed E-state index contributed by atoms with van der Waals surface area (Å²) in [5.74, 6) is -3.31. The molecule has 12 nitrogen and oxygen atoms in total. The van der Waals surface area contributed by atoms with E-state index in [-0.39, 0.29) is 25.9 Å². The standard InChI is InChI=1S/C63H102O12/c1-4-7-10-13-16-19-22-24-26-27-28-29-31-32-35-37-40-43-46-49-55(64)71-52-54(73-56(65)50-47-44-41-38-34-21-18-15-12-9-6-3)53-72-63-61(59(68)58(67)60(75-63)62(69)70)74-57(66)51-48-45-42-39-36-33-30-25-23-20-17-14-11-8-5-2/h8,11,15-20,24-26,30,36,39,45,48,54,58-61,63,67-68H,4-7,9-10,12-14,21-23,27-29,31-35,37-38,40-44,46-47,49-53H2,1-3H3,(H,69,70)/b11-8-,18-15-,19-16-,20-17-,26-24-,30-25-,39-36-,48-45-. The Bertz CT molecular complexity index is 1670. The van der Waals surface area contributed by atoms with E-state index in [1.54, 1.807) is 12.2 Å². The van der Waals surface area contributed by atoms with Crippen molar-refractivity contribution in [2.24, 2.45) is 0 Å². The minimum absolute atomic E-state index is 0.137. The molecular formula is C63H102O12. The quantitative estimate of drug-likeness (QED) is 0.0228. The number of carboxylic acid groups (broad SMARTS) is 1. The monoisotopic (exact) mass is 1050 g/mol. The summed E-state index contributed by atoms with van der Waals surface area (Å²) >= 11 is 0. The van der Waals surface area contributed by atoms with Gasteiger partial charge in [0, 0.05) is 12.8 Å². The van der Waals surface area contributed by atoms with E-state index < -0.39 is 67.3 Å². The number of ether oxygens (including phenoxy) is 5. The summed E-state index contributed by atoms with van der Waals surface area (Å²) in [4.78, 5) is 51.0. The zero-order valence-electron chi connectivity index (χ0n) is 46.8. The lowest BCUT2D eigenvalue weighted by molar-refractivity contribution is -0.301. The van der Waals surface area contributed by atoms with Crippen LogP contribution in [0.1, 0.15) is 226 Å². The second-order valence-electron chi connectivity index (χ2n) is 19.6. The number of allylic oxidation sites excluding steroid dienone is 15. The van der Waals surface area contributed by atoms with Crippen molar-refractivity contribution in [1.82, 2.24) is 0 Å². The van der Waals surface area contributed by atoms with Crippen molar-refractivity contribution in [2.45, 2.75) is 263 Å². The van der Waals surface area contributed by atoms with Crippen LogP contribution in [0, 0.1) is 0 Å². The van der Waals surface area contributed by atoms with Crippen molar-refractivity contribution >= 4 is 23.9 Å². The van der Waals surface area contributed by atoms with E-state index in [4.69, 9.17) is 23.7 Å². The molecule has 0 aromatic carbocycles. The predicted octanol–water partition coefficient (Wildman–Crippen LogP) is 14.9. The lowest BCUT2D eigenvalue weighted by Gasteiger charge is -2.40. The molecule has 0 spiro atoms. The Morgan fingerprint density at radius 3 is 1.40 bits per heavy atom. The molecule has 0 bridgehead atoms. The summed E-state index contributed by atoms with van der Waals surface area (Å²) in [5, 5.41) is 31.4. The normalized spacial score (nSPS) is 18.9. The molecule has 6 atom stereocenters. The van der Waals surface area contributed by atoms with E-state index in [2.05, 4.69) is 93.7 Å². The zero-order chi connectivity index (χ0) is 54.7. The smallest absolute Gasteiger partial charge is 0.335 e. The lowest BCUT2D eigenvalue weighted by atomic mass is 9.98. The number of unbranched alkanes of at least 4 members (excludes halogenated alkanes) is 19. The Kier molecular flexibility index (Phi) is 46.2. The fourth-order valence-corrected chi connectivity index (χ4v) is 8.16. The number of rotatable bonds is 48. The van der Waals surface area contributed by atoms with Crippen molar-refractivity contribution < 1.29 is 58.2 Å². The number of carbonyl (C=O) groups is 4. The molecule has 6 unspecified atom stereocenters. The molecule has 1 aliphatic heterocycles. The highest BCUT2D eigenvalue weighted by atomic mass is 16.7. The van der Waals surface area contributed by atoms with Gasteiger partial charge in [0.1, 0.15) is 18.8 Å². The number of hydrogen-bond donors (Lipinski definition) is 3. The average Bonchev–Trinajstić information content (AvgIpc) is 3.39. The van der Waals surface area contributed by atoms with E-state index >= 15 is 0 Å². The first kappa shape index (κ1) is 68.7. The highest BCUT2D eigenvalue weighted by Crippen LogP contribution is 2.26. The molecule has 0 radical (unpaired) electrons. The molecule has 1 aliphatic rings. The van der Waals surface area contributed by atoms with Gasteiger partial charge < -0.3 is 39.0 Å². The van der Waals surface area contributed by atoms with E-state index in [0.29, 0.717) is 19.3 Å². The van der Waals surface area contributed by atoms with Crippen molar-refractivity contribution in [3.63, 3.8) is 0 Å². The molecule has 0 amide bonds. The molecule has 0 aromatic rings. The van der Waals surface area contributed by atoms with Gasteiger partial charge in [-0.05, 0) is 96.3 Å². The van der Waals surface area contributed by atoms with E-state index in [9.17, 15) is 34.5 Å². The molecule has 1 rings (SSSR count). The number of aliphatic carboxylic acids is 1. The Morgan fingerprint density at radius 2 is 0.893 bits per heavy atom. The Labute approximate surface area is 453 Å². The summed E-state index contributed by atoms with van der Waals surface area (Å²) in [6.45, 7) is 5.75. The molecule has 1 fully saturated rings. The fourth-order valence-electron chi connectivity index (χ4n) is 8.16. The van der Waals surface area contributed by atoms with Crippen LogP contribution < -0.4 is 0 Å². The van der Waals surface area contributed by atoms with E-state index in [1.165, 1.54) is 70.6 Å². The predicted molar refractivity (Wildman–Crippen MR) is 303 cm³/mol. The van der Waals surface area contributed by atoms with Crippen molar-refractivity contribution in [3.8, 4) is 0 Å². The first-order valence-corrected chi connectivity index (χ1v) is 29.2. The van der Waals surface area contributed by atoms with Crippen LogP contribution in [-0.4, -0.2) is 89.2 Å². The van der Waals surface area contributed by atoms with Gasteiger partial charge in [0.25, 0.3) is 0 Å². The number of aliphatic hydroxyl groups excluding tert-OH is 2. The van der Waals surface area contributed by atoms with Crippen LogP contribution in [0.5, 0.6) is 0 Å². The second-order valence-corrected chi connectivity index (χ2v) is 19.6. The van der Waals surface area contributed by atoms with Gasteiger partial charge in [0.2, 0.25) is 0 Å². The maximum atomic E-state index is 13.1. The second kappa shape index (κ2) is 50.5. The third kappa shape index (κ3) is 40.6. The van der Waals surface area contributed by atoms with Gasteiger partial charge >= 0.3 is 23.9 Å². The van der Waals surface area contributed by atoms with Crippen LogP contribution in [0.15, 0.2) is 97.2 Å². The van der Waals surface area contributed by atoms with Gasteiger partial charge in [0.15, 0.2) is 24.6 Å². The van der Waals surface area contributed by atoms with Crippen molar-refractivity contribution in [1.29, 1.82) is 0 Å². The summed E-state index contributed by atoms with van der Waals surface area (Å²) in [6, 6.07) is 0. The Balaban J connectivity index is 2.71. The molecule has 12 heteroatoms. The van der Waals surface area contributed by atoms with Gasteiger partial charge in [-0.3, -0.25) is 14.4 Å². The van der Waals surface area contributed by atoms with Crippen LogP contribution in [0.3, 0.4) is 0 Å². The fraction of sp³-hybridized carbons (Fsp3) is 0.683. The molecule has 0 aliphatic carbocycles. The molecular weight excluding hydrogens is 949 g/mol. The zero-order valence-corrected chi connectivity index (χ0v) is 46.8. The largest absolute Gasteiger partial charge is 0.479 e. The van der Waals surface area contributed by atoms with Gasteiger partial charge in [-0.1, -0.05) is 208 Å². The van der Waals surface area contributed by atoms with Crippen LogP contribution in [-0.2, 0) is 42.9 Å². The maximum Gasteiger partial charge on any atom is 0.335 e. The SMILES string of the molecule is CC/C=C\C/C=C\C/C=C\C/C=C\C/C=C\CC(=O)OC1C(OCC(COC(=O)CCCCCCCCCCC/C=C\C/C=C\CCCCC)OC(=O)CCCCCCC/C=C\CCCC)OC(C(=O)O)C(O)C1O. The molecule has 3 N–H and O–H groups in total. The molecule has 0 saturated carbocycles. The van der Waals surface area contributed by atoms with E-state index in [0.717, 1.165) is 96.3 Å². The molecule has 1 saturated heterocycles. The van der Waals surface area contributed by atoms with Gasteiger partial charge in [-0.2, -0.15) is 0 Å². The number of aliphatic hydroxyl groups is 2. The van der Waals surface area contributed by atoms with Crippen LogP contribution in [0.2, 0.25) is 0 Å². The molecule has 1 heterocycles. The lowest BCUT2D eigenvalue weighted by Crippen LogP contribution is -2.61. The topological polar surface area (TPSA) is 175 Å². The average molecular weight is 1050 g/mol. The molecule has 75 heavy (non-hydrogen) atoms. The summed E-state index contributed by atoms with van der Waals surface area (Å²) in [5.41, 5.74) is 0. The highest BCUT2D eigenvalue weighted by Gasteiger charge is 2.50. The van der Waals surface area contributed by atoms with Crippen LogP contribution >= 0.6 is 0 Å². The molecule has 0 aromatic heterocycles. The van der Waals surface area contributed by atoms with Crippen molar-refractivity contribution in [2.75, 3.05) is 13.2 Å². The van der Waals surface area contributed by atoms with Crippen LogP contribution in [0.4, 0.5) is 0 Å². The minimum atomic E-state index is -1.94. The van der Waals surface area contributed by atoms with Crippen molar-refractivity contribution in [3.05, 3.63) is 97.2 Å². The summed E-state index contributed by atoms with van der Waals surface area (Å²) in [7, 11) is 0. The van der Waals surface area contributed by atoms with E-state index in [1.807, 2.05) is 12.2 Å². The number of esters is 3. The number of carboxylic acids is 1. The highest BCUT2D eigenvalue weighted by molar-refractivity contribution is 5.74. The Morgan fingerprint density at radius 1 is 0.467 bits per heavy atom. The third-order valence-corrected chi connectivity index (χ3v) is 12.6. The maximum absolute atomic E-state index is 13.1.